The van der Waals surface area contributed by atoms with Crippen LogP contribution >= 0.6 is 34.9 Å². The van der Waals surface area contributed by atoms with Crippen LogP contribution in [0.2, 0.25) is 0 Å². The molecular weight excluding hydrogens is 322 g/mol. The number of benzene rings is 1. The third-order valence-corrected chi connectivity index (χ3v) is 5.39. The molecule has 2 N–H and O–H groups in total. The molecule has 1 amide bonds. The first-order chi connectivity index (χ1) is 10.1. The Kier molecular flexibility index (Phi) is 4.14. The number of para-hydroxylation sites is 1. The Morgan fingerprint density at radius 3 is 2.90 bits per heavy atom. The fourth-order valence-corrected chi connectivity index (χ4v) is 4.18. The minimum absolute atomic E-state index is 0.0115. The molecule has 4 nitrogen and oxygen atoms in total. The van der Waals surface area contributed by atoms with Gasteiger partial charge in [0.15, 0.2) is 3.95 Å². The maximum absolute atomic E-state index is 12.0. The number of nitrogens with zero attached hydrogens (tertiary/aromatic N) is 1. The molecule has 21 heavy (non-hydrogen) atoms. The SMILES string of the molecule is Cc1[nH]c(=S)sc1CC(=O)NCc1nc2ccccc2s1. The Labute approximate surface area is 134 Å². The zero-order chi connectivity index (χ0) is 14.8. The topological polar surface area (TPSA) is 57.8 Å². The number of fused-ring (bicyclic) bond motifs is 1. The van der Waals surface area contributed by atoms with E-state index in [0.29, 0.717) is 16.9 Å². The molecule has 2 heterocycles. The number of hydrogen-bond donors (Lipinski definition) is 2. The zero-order valence-corrected chi connectivity index (χ0v) is 13.8. The summed E-state index contributed by atoms with van der Waals surface area (Å²) >= 11 is 8.13. The molecule has 2 aromatic heterocycles. The van der Waals surface area contributed by atoms with Gasteiger partial charge in [-0.1, -0.05) is 12.1 Å². The second-order valence-electron chi connectivity index (χ2n) is 4.59. The largest absolute Gasteiger partial charge is 0.349 e. The quantitative estimate of drug-likeness (QED) is 0.717. The minimum Gasteiger partial charge on any atom is -0.349 e. The van der Waals surface area contributed by atoms with E-state index in [1.54, 1.807) is 11.3 Å². The number of hydrogen-bond acceptors (Lipinski definition) is 5. The van der Waals surface area contributed by atoms with Gasteiger partial charge in [-0.05, 0) is 31.3 Å². The molecule has 0 atom stereocenters. The highest BCUT2D eigenvalue weighted by Gasteiger charge is 2.10. The number of nitrogens with one attached hydrogen (secondary N) is 2. The predicted octanol–water partition coefficient (Wildman–Crippen LogP) is 3.58. The fraction of sp³-hybridized carbons (Fsp3) is 0.214. The third kappa shape index (κ3) is 3.37. The maximum Gasteiger partial charge on any atom is 0.225 e. The minimum atomic E-state index is -0.0115. The number of carbonyl (C=O) groups excluding carboxylic acids is 1. The summed E-state index contributed by atoms with van der Waals surface area (Å²) < 4.78 is 1.85. The van der Waals surface area contributed by atoms with Gasteiger partial charge in [0.25, 0.3) is 0 Å². The second-order valence-corrected chi connectivity index (χ2v) is 7.48. The predicted molar refractivity (Wildman–Crippen MR) is 89.4 cm³/mol. The van der Waals surface area contributed by atoms with Gasteiger partial charge in [0, 0.05) is 10.6 Å². The van der Waals surface area contributed by atoms with Crippen LogP contribution in [0.1, 0.15) is 15.6 Å². The van der Waals surface area contributed by atoms with Crippen LogP contribution < -0.4 is 5.32 Å². The smallest absolute Gasteiger partial charge is 0.225 e. The Hall–Kier alpha value is -1.57. The van der Waals surface area contributed by atoms with Crippen LogP contribution in [-0.4, -0.2) is 15.9 Å². The van der Waals surface area contributed by atoms with Crippen molar-refractivity contribution in [3.63, 3.8) is 0 Å². The van der Waals surface area contributed by atoms with Gasteiger partial charge in [-0.15, -0.1) is 22.7 Å². The van der Waals surface area contributed by atoms with Crippen molar-refractivity contribution in [2.45, 2.75) is 19.9 Å². The number of aromatic nitrogens is 2. The molecule has 0 spiro atoms. The summed E-state index contributed by atoms with van der Waals surface area (Å²) in [5.41, 5.74) is 1.95. The Balaban J connectivity index is 1.63. The van der Waals surface area contributed by atoms with Crippen molar-refractivity contribution in [3.05, 3.63) is 43.8 Å². The van der Waals surface area contributed by atoms with Gasteiger partial charge in [-0.25, -0.2) is 4.98 Å². The monoisotopic (exact) mass is 335 g/mol. The van der Waals surface area contributed by atoms with Crippen molar-refractivity contribution in [3.8, 4) is 0 Å². The van der Waals surface area contributed by atoms with E-state index in [4.69, 9.17) is 12.2 Å². The average molecular weight is 335 g/mol. The normalized spacial score (nSPS) is 10.9. The van der Waals surface area contributed by atoms with Crippen LogP contribution in [0.15, 0.2) is 24.3 Å². The number of rotatable bonds is 4. The molecule has 0 radical (unpaired) electrons. The Morgan fingerprint density at radius 2 is 2.19 bits per heavy atom. The summed E-state index contributed by atoms with van der Waals surface area (Å²) in [7, 11) is 0. The van der Waals surface area contributed by atoms with Crippen molar-refractivity contribution in [2.75, 3.05) is 0 Å². The first kappa shape index (κ1) is 14.4. The number of thiazole rings is 2. The first-order valence-corrected chi connectivity index (χ1v) is 8.45. The molecule has 0 saturated heterocycles. The van der Waals surface area contributed by atoms with E-state index in [0.717, 1.165) is 25.8 Å². The number of H-pyrrole nitrogens is 1. The van der Waals surface area contributed by atoms with Crippen LogP contribution in [0.4, 0.5) is 0 Å². The molecule has 3 rings (SSSR count). The molecule has 0 bridgehead atoms. The van der Waals surface area contributed by atoms with Gasteiger partial charge in [0.05, 0.1) is 23.2 Å². The van der Waals surface area contributed by atoms with Crippen LogP contribution in [-0.2, 0) is 17.8 Å². The summed E-state index contributed by atoms with van der Waals surface area (Å²) in [6, 6.07) is 7.97. The Morgan fingerprint density at radius 1 is 1.38 bits per heavy atom. The van der Waals surface area contributed by atoms with E-state index in [9.17, 15) is 4.79 Å². The van der Waals surface area contributed by atoms with E-state index in [-0.39, 0.29) is 5.91 Å². The van der Waals surface area contributed by atoms with E-state index in [1.807, 2.05) is 31.2 Å². The summed E-state index contributed by atoms with van der Waals surface area (Å²) in [5.74, 6) is -0.0115. The van der Waals surface area contributed by atoms with E-state index < -0.39 is 0 Å². The maximum atomic E-state index is 12.0. The van der Waals surface area contributed by atoms with Crippen LogP contribution in [0.5, 0.6) is 0 Å². The molecule has 108 valence electrons. The number of amides is 1. The zero-order valence-electron chi connectivity index (χ0n) is 11.3. The number of aromatic amines is 1. The third-order valence-electron chi connectivity index (χ3n) is 3.02. The highest BCUT2D eigenvalue weighted by molar-refractivity contribution is 7.73. The van der Waals surface area contributed by atoms with Gasteiger partial charge >= 0.3 is 0 Å². The molecule has 0 fully saturated rings. The van der Waals surface area contributed by atoms with Crippen molar-refractivity contribution in [1.82, 2.24) is 15.3 Å². The highest BCUT2D eigenvalue weighted by atomic mass is 32.1. The molecule has 0 aliphatic rings. The molecule has 1 aromatic carbocycles. The summed E-state index contributed by atoms with van der Waals surface area (Å²) in [4.78, 5) is 20.5. The van der Waals surface area contributed by atoms with Crippen LogP contribution in [0, 0.1) is 10.9 Å². The van der Waals surface area contributed by atoms with Gasteiger partial charge in [0.1, 0.15) is 5.01 Å². The van der Waals surface area contributed by atoms with Crippen molar-refractivity contribution >= 4 is 51.0 Å². The summed E-state index contributed by atoms with van der Waals surface area (Å²) in [6.45, 7) is 2.40. The van der Waals surface area contributed by atoms with Gasteiger partial charge in [0.2, 0.25) is 5.91 Å². The molecular formula is C14H13N3OS3. The molecule has 0 aliphatic heterocycles. The van der Waals surface area contributed by atoms with Gasteiger partial charge in [-0.3, -0.25) is 4.79 Å². The van der Waals surface area contributed by atoms with Gasteiger partial charge < -0.3 is 10.3 Å². The first-order valence-electron chi connectivity index (χ1n) is 6.41. The number of carbonyl (C=O) groups is 1. The van der Waals surface area contributed by atoms with E-state index in [1.165, 1.54) is 11.3 Å². The molecule has 0 saturated carbocycles. The summed E-state index contributed by atoms with van der Waals surface area (Å²) in [6.07, 6.45) is 0.356. The molecule has 0 aliphatic carbocycles. The molecule has 0 unspecified atom stereocenters. The van der Waals surface area contributed by atoms with E-state index >= 15 is 0 Å². The molecule has 3 aromatic rings. The lowest BCUT2D eigenvalue weighted by atomic mass is 10.3. The van der Waals surface area contributed by atoms with Crippen molar-refractivity contribution < 1.29 is 4.79 Å². The average Bonchev–Trinajstić information content (AvgIpc) is 2.99. The second kappa shape index (κ2) is 6.05. The summed E-state index contributed by atoms with van der Waals surface area (Å²) in [5, 5.41) is 3.83. The highest BCUT2D eigenvalue weighted by Crippen LogP contribution is 2.21. The lowest BCUT2D eigenvalue weighted by Gasteiger charge is -2.02. The van der Waals surface area contributed by atoms with Crippen molar-refractivity contribution in [2.24, 2.45) is 0 Å². The van der Waals surface area contributed by atoms with Crippen LogP contribution in [0.3, 0.4) is 0 Å². The lowest BCUT2D eigenvalue weighted by Crippen LogP contribution is -2.24. The van der Waals surface area contributed by atoms with Crippen molar-refractivity contribution in [1.29, 1.82) is 0 Å². The Bertz CT molecular complexity index is 813. The van der Waals surface area contributed by atoms with Gasteiger partial charge in [-0.2, -0.15) is 0 Å². The van der Waals surface area contributed by atoms with E-state index in [2.05, 4.69) is 15.3 Å². The lowest BCUT2D eigenvalue weighted by molar-refractivity contribution is -0.120. The fourth-order valence-electron chi connectivity index (χ4n) is 1.98. The standard InChI is InChI=1S/C14H13N3OS3/c1-8-11(21-14(19)16-8)6-12(18)15-7-13-17-9-4-2-3-5-10(9)20-13/h2-5H,6-7H2,1H3,(H,15,18)(H,16,19). The van der Waals surface area contributed by atoms with Crippen LogP contribution in [0.25, 0.3) is 10.2 Å². The number of aryl methyl sites for hydroxylation is 1. The molecule has 7 heteroatoms.